The lowest BCUT2D eigenvalue weighted by Crippen LogP contribution is -2.48. The summed E-state index contributed by atoms with van der Waals surface area (Å²) in [4.78, 5) is 35.8. The first-order chi connectivity index (χ1) is 19.6. The lowest BCUT2D eigenvalue weighted by molar-refractivity contribution is -0.129. The molecule has 1 aliphatic rings. The normalized spacial score (nSPS) is 12.8. The zero-order valence-corrected chi connectivity index (χ0v) is 23.0. The number of fused-ring (bicyclic) bond motifs is 1. The minimum Gasteiger partial charge on any atom is -0.368 e. The number of aromatic nitrogens is 2. The lowest BCUT2D eigenvalue weighted by atomic mass is 10.2. The van der Waals surface area contributed by atoms with Gasteiger partial charge in [0.05, 0.1) is 16.1 Å². The fraction of sp³-hybridized carbons (Fsp3) is 0.161. The van der Waals surface area contributed by atoms with Crippen LogP contribution in [0, 0.1) is 0 Å². The Balaban J connectivity index is 0.000000403. The summed E-state index contributed by atoms with van der Waals surface area (Å²) >= 11 is 1.45. The van der Waals surface area contributed by atoms with Crippen molar-refractivity contribution in [2.45, 2.75) is 6.92 Å². The third kappa shape index (κ3) is 6.81. The van der Waals surface area contributed by atoms with Crippen LogP contribution in [-0.4, -0.2) is 53.2 Å². The van der Waals surface area contributed by atoms with Crippen molar-refractivity contribution in [3.8, 4) is 0 Å². The van der Waals surface area contributed by atoms with Crippen LogP contribution in [0.5, 0.6) is 0 Å². The number of rotatable bonds is 6. The molecule has 1 amide bonds. The van der Waals surface area contributed by atoms with Gasteiger partial charge in [0.2, 0.25) is 11.9 Å². The lowest BCUT2D eigenvalue weighted by Gasteiger charge is -2.35. The number of amides is 1. The number of hydrogen-bond acceptors (Lipinski definition) is 8. The summed E-state index contributed by atoms with van der Waals surface area (Å²) in [5.74, 6) is 0.683. The summed E-state index contributed by atoms with van der Waals surface area (Å²) < 4.78 is 0. The standard InChI is InChI=1S/C26H26N6O.C5H4OS/c1-19(33)31-13-15-32(16-14-31)23-11-6-10-22(17-23)29-26-27-18-20-7-5-12-24(25(20)30-26)28-21-8-3-2-4-9-21;6-4-5-2-1-3-7-5/h2-12,17-18,28H,13-16H2,1H3,(H,27,29,30);1-4H. The van der Waals surface area contributed by atoms with Crippen molar-refractivity contribution in [3.05, 3.63) is 101 Å². The molecule has 1 fully saturated rings. The highest BCUT2D eigenvalue weighted by molar-refractivity contribution is 7.11. The zero-order valence-electron chi connectivity index (χ0n) is 22.2. The average molecular weight is 551 g/mol. The van der Waals surface area contributed by atoms with Gasteiger partial charge < -0.3 is 20.4 Å². The van der Waals surface area contributed by atoms with Gasteiger partial charge in [-0.25, -0.2) is 9.97 Å². The summed E-state index contributed by atoms with van der Waals surface area (Å²) in [5, 5.41) is 9.65. The average Bonchev–Trinajstić information content (AvgIpc) is 3.53. The van der Waals surface area contributed by atoms with Gasteiger partial charge in [-0.15, -0.1) is 11.3 Å². The molecule has 0 aliphatic carbocycles. The molecule has 1 aliphatic heterocycles. The predicted molar refractivity (Wildman–Crippen MR) is 163 cm³/mol. The van der Waals surface area contributed by atoms with Crippen LogP contribution in [0.3, 0.4) is 0 Å². The van der Waals surface area contributed by atoms with Crippen molar-refractivity contribution in [1.29, 1.82) is 0 Å². The Morgan fingerprint density at radius 3 is 2.35 bits per heavy atom. The van der Waals surface area contributed by atoms with Crippen molar-refractivity contribution in [2.75, 3.05) is 41.7 Å². The summed E-state index contributed by atoms with van der Waals surface area (Å²) in [6.07, 6.45) is 2.69. The molecule has 3 aromatic carbocycles. The van der Waals surface area contributed by atoms with Crippen molar-refractivity contribution < 1.29 is 9.59 Å². The Bertz CT molecular complexity index is 1570. The number of carbonyl (C=O) groups excluding carboxylic acids is 2. The number of nitrogens with one attached hydrogen (secondary N) is 2. The van der Waals surface area contributed by atoms with E-state index in [1.54, 1.807) is 13.0 Å². The first-order valence-electron chi connectivity index (χ1n) is 13.0. The Kier molecular flexibility index (Phi) is 8.63. The van der Waals surface area contributed by atoms with Crippen LogP contribution in [0.25, 0.3) is 10.9 Å². The van der Waals surface area contributed by atoms with E-state index in [1.165, 1.54) is 11.3 Å². The molecule has 3 heterocycles. The number of thiophene rings is 1. The molecule has 2 aromatic heterocycles. The van der Waals surface area contributed by atoms with Gasteiger partial charge in [-0.05, 0) is 47.8 Å². The van der Waals surface area contributed by atoms with Gasteiger partial charge in [0.25, 0.3) is 0 Å². The van der Waals surface area contributed by atoms with Crippen molar-refractivity contribution in [2.24, 2.45) is 0 Å². The molecular formula is C31H30N6O2S. The molecule has 40 heavy (non-hydrogen) atoms. The van der Waals surface area contributed by atoms with Gasteiger partial charge in [0.15, 0.2) is 6.29 Å². The molecule has 0 unspecified atom stereocenters. The monoisotopic (exact) mass is 550 g/mol. The maximum atomic E-state index is 11.6. The van der Waals surface area contributed by atoms with Crippen LogP contribution < -0.4 is 15.5 Å². The summed E-state index contributed by atoms with van der Waals surface area (Å²) in [7, 11) is 0. The molecule has 6 rings (SSSR count). The molecule has 0 spiro atoms. The van der Waals surface area contributed by atoms with Crippen molar-refractivity contribution in [1.82, 2.24) is 14.9 Å². The van der Waals surface area contributed by atoms with Gasteiger partial charge in [-0.1, -0.05) is 42.5 Å². The number of nitrogens with zero attached hydrogens (tertiary/aromatic N) is 4. The molecule has 5 aromatic rings. The van der Waals surface area contributed by atoms with Crippen LogP contribution in [0.4, 0.5) is 28.7 Å². The third-order valence-electron chi connectivity index (χ3n) is 6.52. The summed E-state index contributed by atoms with van der Waals surface area (Å²) in [6, 6.07) is 28.0. The molecule has 0 atom stereocenters. The Hall–Kier alpha value is -4.76. The highest BCUT2D eigenvalue weighted by atomic mass is 32.1. The molecule has 0 bridgehead atoms. The molecule has 8 nitrogen and oxygen atoms in total. The van der Waals surface area contributed by atoms with E-state index in [4.69, 9.17) is 4.98 Å². The Morgan fingerprint density at radius 2 is 1.65 bits per heavy atom. The second kappa shape index (κ2) is 12.9. The third-order valence-corrected chi connectivity index (χ3v) is 7.31. The van der Waals surface area contributed by atoms with E-state index in [-0.39, 0.29) is 5.91 Å². The quantitative estimate of drug-likeness (QED) is 0.238. The molecule has 9 heteroatoms. The van der Waals surface area contributed by atoms with Crippen molar-refractivity contribution in [3.63, 3.8) is 0 Å². The molecule has 0 radical (unpaired) electrons. The highest BCUT2D eigenvalue weighted by Crippen LogP contribution is 2.27. The zero-order chi connectivity index (χ0) is 27.7. The van der Waals surface area contributed by atoms with Crippen LogP contribution in [0.15, 0.2) is 96.5 Å². The number of piperazine rings is 1. The van der Waals surface area contributed by atoms with Crippen LogP contribution in [0.1, 0.15) is 16.6 Å². The van der Waals surface area contributed by atoms with E-state index in [0.717, 1.165) is 71.0 Å². The number of carbonyl (C=O) groups is 2. The minimum absolute atomic E-state index is 0.139. The minimum atomic E-state index is 0.139. The van der Waals surface area contributed by atoms with E-state index in [1.807, 2.05) is 83.2 Å². The number of anilines is 5. The molecule has 202 valence electrons. The maximum Gasteiger partial charge on any atom is 0.227 e. The van der Waals surface area contributed by atoms with Gasteiger partial charge in [-0.2, -0.15) is 0 Å². The summed E-state index contributed by atoms with van der Waals surface area (Å²) in [6.45, 7) is 4.77. The number of hydrogen-bond donors (Lipinski definition) is 2. The number of para-hydroxylation sites is 2. The van der Waals surface area contributed by atoms with Crippen molar-refractivity contribution >= 4 is 63.1 Å². The molecular weight excluding hydrogens is 520 g/mol. The second-order valence-electron chi connectivity index (χ2n) is 9.23. The highest BCUT2D eigenvalue weighted by Gasteiger charge is 2.19. The smallest absolute Gasteiger partial charge is 0.227 e. The largest absolute Gasteiger partial charge is 0.368 e. The van der Waals surface area contributed by atoms with Crippen LogP contribution in [0.2, 0.25) is 0 Å². The topological polar surface area (TPSA) is 90.5 Å². The van der Waals surface area contributed by atoms with E-state index in [0.29, 0.717) is 5.95 Å². The fourth-order valence-corrected chi connectivity index (χ4v) is 4.97. The van der Waals surface area contributed by atoms with Gasteiger partial charge in [0, 0.05) is 61.7 Å². The number of aldehydes is 1. The molecule has 1 saturated heterocycles. The molecule has 0 saturated carbocycles. The first-order valence-corrected chi connectivity index (χ1v) is 13.9. The maximum absolute atomic E-state index is 11.6. The van der Waals surface area contributed by atoms with Gasteiger partial charge in [-0.3, -0.25) is 9.59 Å². The van der Waals surface area contributed by atoms with E-state index < -0.39 is 0 Å². The number of benzene rings is 3. The first kappa shape index (κ1) is 26.8. The Morgan fingerprint density at radius 1 is 0.875 bits per heavy atom. The van der Waals surface area contributed by atoms with Gasteiger partial charge >= 0.3 is 0 Å². The predicted octanol–water partition coefficient (Wildman–Crippen LogP) is 6.35. The second-order valence-corrected chi connectivity index (χ2v) is 10.2. The fourth-order valence-electron chi connectivity index (χ4n) is 4.44. The molecule has 2 N–H and O–H groups in total. The van der Waals surface area contributed by atoms with E-state index in [9.17, 15) is 9.59 Å². The van der Waals surface area contributed by atoms with E-state index in [2.05, 4.69) is 32.7 Å². The van der Waals surface area contributed by atoms with E-state index >= 15 is 0 Å². The Labute approximate surface area is 237 Å². The SMILES string of the molecule is CC(=O)N1CCN(c2cccc(Nc3ncc4cccc(Nc5ccccc5)c4n3)c2)CC1.O=Cc1cccs1. The summed E-state index contributed by atoms with van der Waals surface area (Å²) in [5.41, 5.74) is 4.84. The van der Waals surface area contributed by atoms with Crippen LogP contribution in [-0.2, 0) is 4.79 Å². The van der Waals surface area contributed by atoms with Crippen LogP contribution >= 0.6 is 11.3 Å². The van der Waals surface area contributed by atoms with Gasteiger partial charge in [0.1, 0.15) is 0 Å².